The van der Waals surface area contributed by atoms with Crippen molar-refractivity contribution in [3.8, 4) is 0 Å². The SMILES string of the molecule is CC(Cl)c1nc2cc(Cl)ccc2n1C1CCSC1. The highest BCUT2D eigenvalue weighted by Gasteiger charge is 2.24. The van der Waals surface area contributed by atoms with E-state index < -0.39 is 0 Å². The van der Waals surface area contributed by atoms with Crippen LogP contribution in [0.3, 0.4) is 0 Å². The maximum absolute atomic E-state index is 6.27. The van der Waals surface area contributed by atoms with E-state index in [1.54, 1.807) is 0 Å². The molecule has 1 aromatic carbocycles. The molecule has 0 amide bonds. The summed E-state index contributed by atoms with van der Waals surface area (Å²) in [7, 11) is 0. The van der Waals surface area contributed by atoms with Crippen LogP contribution in [0.4, 0.5) is 0 Å². The Morgan fingerprint density at radius 2 is 2.33 bits per heavy atom. The fourth-order valence-electron chi connectivity index (χ4n) is 2.48. The van der Waals surface area contributed by atoms with E-state index in [1.807, 2.05) is 30.8 Å². The summed E-state index contributed by atoms with van der Waals surface area (Å²) in [5.41, 5.74) is 2.09. The maximum atomic E-state index is 6.27. The predicted molar refractivity (Wildman–Crippen MR) is 80.0 cm³/mol. The Kier molecular flexibility index (Phi) is 3.48. The predicted octanol–water partition coefficient (Wildman–Crippen LogP) is 4.67. The molecule has 2 aromatic rings. The van der Waals surface area contributed by atoms with Crippen LogP contribution in [0.25, 0.3) is 11.0 Å². The molecule has 2 heterocycles. The first-order valence-electron chi connectivity index (χ1n) is 6.06. The topological polar surface area (TPSA) is 17.8 Å². The van der Waals surface area contributed by atoms with Crippen molar-refractivity contribution >= 4 is 46.0 Å². The molecular weight excluding hydrogens is 287 g/mol. The molecule has 1 aromatic heterocycles. The summed E-state index contributed by atoms with van der Waals surface area (Å²) in [6.07, 6.45) is 1.19. The number of aromatic nitrogens is 2. The second-order valence-corrected chi connectivity index (χ2v) is 6.85. The normalized spacial score (nSPS) is 21.6. The largest absolute Gasteiger partial charge is 0.323 e. The van der Waals surface area contributed by atoms with Crippen LogP contribution in [0.2, 0.25) is 5.02 Å². The Labute approximate surface area is 121 Å². The van der Waals surface area contributed by atoms with Gasteiger partial charge in [0.05, 0.1) is 16.4 Å². The third-order valence-electron chi connectivity index (χ3n) is 3.31. The lowest BCUT2D eigenvalue weighted by Gasteiger charge is -2.16. The highest BCUT2D eigenvalue weighted by atomic mass is 35.5. The van der Waals surface area contributed by atoms with Gasteiger partial charge in [0, 0.05) is 16.8 Å². The van der Waals surface area contributed by atoms with Gasteiger partial charge in [-0.2, -0.15) is 11.8 Å². The van der Waals surface area contributed by atoms with Crippen molar-refractivity contribution in [3.05, 3.63) is 29.0 Å². The maximum Gasteiger partial charge on any atom is 0.128 e. The first kappa shape index (κ1) is 12.6. The molecule has 2 atom stereocenters. The molecule has 0 aliphatic carbocycles. The van der Waals surface area contributed by atoms with E-state index in [0.29, 0.717) is 6.04 Å². The number of imidazole rings is 1. The van der Waals surface area contributed by atoms with Crippen molar-refractivity contribution < 1.29 is 0 Å². The lowest BCUT2D eigenvalue weighted by Crippen LogP contribution is -2.12. The highest BCUT2D eigenvalue weighted by molar-refractivity contribution is 7.99. The number of hydrogen-bond donors (Lipinski definition) is 0. The van der Waals surface area contributed by atoms with E-state index in [0.717, 1.165) is 27.6 Å². The van der Waals surface area contributed by atoms with Gasteiger partial charge in [0.15, 0.2) is 0 Å². The summed E-state index contributed by atoms with van der Waals surface area (Å²) in [6.45, 7) is 1.98. The highest BCUT2D eigenvalue weighted by Crippen LogP contribution is 2.35. The Morgan fingerprint density at radius 3 is 3.00 bits per heavy atom. The molecule has 1 saturated heterocycles. The number of alkyl halides is 1. The first-order valence-corrected chi connectivity index (χ1v) is 8.03. The fraction of sp³-hybridized carbons (Fsp3) is 0.462. The number of nitrogens with zero attached hydrogens (tertiary/aromatic N) is 2. The van der Waals surface area contributed by atoms with Gasteiger partial charge < -0.3 is 4.57 Å². The van der Waals surface area contributed by atoms with E-state index in [2.05, 4.69) is 15.6 Å². The Bertz CT molecular complexity index is 574. The van der Waals surface area contributed by atoms with Gasteiger partial charge in [-0.3, -0.25) is 0 Å². The molecule has 3 rings (SSSR count). The lowest BCUT2D eigenvalue weighted by atomic mass is 10.2. The summed E-state index contributed by atoms with van der Waals surface area (Å²) < 4.78 is 2.31. The van der Waals surface area contributed by atoms with Crippen molar-refractivity contribution in [2.45, 2.75) is 24.8 Å². The Morgan fingerprint density at radius 1 is 1.50 bits per heavy atom. The minimum Gasteiger partial charge on any atom is -0.323 e. The van der Waals surface area contributed by atoms with E-state index in [1.165, 1.54) is 12.2 Å². The first-order chi connectivity index (χ1) is 8.66. The van der Waals surface area contributed by atoms with E-state index in [-0.39, 0.29) is 5.38 Å². The zero-order valence-corrected chi connectivity index (χ0v) is 12.4. The number of hydrogen-bond acceptors (Lipinski definition) is 2. The van der Waals surface area contributed by atoms with Crippen LogP contribution in [-0.2, 0) is 0 Å². The van der Waals surface area contributed by atoms with Crippen LogP contribution in [0, 0.1) is 0 Å². The van der Waals surface area contributed by atoms with Crippen molar-refractivity contribution in [2.24, 2.45) is 0 Å². The number of halogens is 2. The number of thioether (sulfide) groups is 1. The van der Waals surface area contributed by atoms with E-state index in [4.69, 9.17) is 23.2 Å². The van der Waals surface area contributed by atoms with Gasteiger partial charge in [-0.1, -0.05) is 11.6 Å². The van der Waals surface area contributed by atoms with Gasteiger partial charge in [-0.15, -0.1) is 11.6 Å². The minimum absolute atomic E-state index is 0.0817. The summed E-state index contributed by atoms with van der Waals surface area (Å²) in [4.78, 5) is 4.65. The summed E-state index contributed by atoms with van der Waals surface area (Å²) in [6, 6.07) is 6.40. The molecule has 0 saturated carbocycles. The zero-order valence-electron chi connectivity index (χ0n) is 10.1. The average Bonchev–Trinajstić information content (AvgIpc) is 2.92. The summed E-state index contributed by atoms with van der Waals surface area (Å²) in [5, 5.41) is 0.642. The van der Waals surface area contributed by atoms with Crippen molar-refractivity contribution in [3.63, 3.8) is 0 Å². The molecule has 5 heteroatoms. The Hall–Kier alpha value is -0.380. The molecule has 2 unspecified atom stereocenters. The standard InChI is InChI=1S/C13H14Cl2N2S/c1-8(14)13-16-11-6-9(15)2-3-12(11)17(13)10-4-5-18-7-10/h2-3,6,8,10H,4-5,7H2,1H3. The van der Waals surface area contributed by atoms with Crippen LogP contribution in [0.5, 0.6) is 0 Å². The van der Waals surface area contributed by atoms with Crippen LogP contribution < -0.4 is 0 Å². The molecule has 0 radical (unpaired) electrons. The third-order valence-corrected chi connectivity index (χ3v) is 4.88. The number of rotatable bonds is 2. The lowest BCUT2D eigenvalue weighted by molar-refractivity contribution is 0.549. The van der Waals surface area contributed by atoms with Gasteiger partial charge >= 0.3 is 0 Å². The monoisotopic (exact) mass is 300 g/mol. The molecule has 1 fully saturated rings. The zero-order chi connectivity index (χ0) is 12.7. The molecule has 0 N–H and O–H groups in total. The molecule has 0 spiro atoms. The van der Waals surface area contributed by atoms with Crippen molar-refractivity contribution in [1.29, 1.82) is 0 Å². The minimum atomic E-state index is -0.0817. The van der Waals surface area contributed by atoms with E-state index in [9.17, 15) is 0 Å². The molecule has 1 aliphatic rings. The molecule has 18 heavy (non-hydrogen) atoms. The smallest absolute Gasteiger partial charge is 0.128 e. The molecule has 1 aliphatic heterocycles. The quantitative estimate of drug-likeness (QED) is 0.750. The fourth-order valence-corrected chi connectivity index (χ4v) is 3.99. The second kappa shape index (κ2) is 4.95. The third kappa shape index (κ3) is 2.13. The Balaban J connectivity index is 2.21. The van der Waals surface area contributed by atoms with Gasteiger partial charge in [0.25, 0.3) is 0 Å². The summed E-state index contributed by atoms with van der Waals surface area (Å²) in [5.74, 6) is 3.32. The second-order valence-electron chi connectivity index (χ2n) is 4.61. The molecule has 0 bridgehead atoms. The van der Waals surface area contributed by atoms with Crippen LogP contribution >= 0.6 is 35.0 Å². The van der Waals surface area contributed by atoms with E-state index >= 15 is 0 Å². The van der Waals surface area contributed by atoms with Gasteiger partial charge in [0.1, 0.15) is 5.82 Å². The van der Waals surface area contributed by atoms with Crippen LogP contribution in [-0.4, -0.2) is 21.1 Å². The van der Waals surface area contributed by atoms with Crippen LogP contribution in [0.1, 0.15) is 30.6 Å². The van der Waals surface area contributed by atoms with Gasteiger partial charge in [-0.25, -0.2) is 4.98 Å². The molecular formula is C13H14Cl2N2S. The average molecular weight is 301 g/mol. The molecule has 96 valence electrons. The van der Waals surface area contributed by atoms with Crippen LogP contribution in [0.15, 0.2) is 18.2 Å². The number of fused-ring (bicyclic) bond motifs is 1. The summed E-state index contributed by atoms with van der Waals surface area (Å²) >= 11 is 14.3. The molecule has 2 nitrogen and oxygen atoms in total. The van der Waals surface area contributed by atoms with Crippen molar-refractivity contribution in [1.82, 2.24) is 9.55 Å². The van der Waals surface area contributed by atoms with Gasteiger partial charge in [-0.05, 0) is 37.3 Å². The number of benzene rings is 1. The van der Waals surface area contributed by atoms with Gasteiger partial charge in [0.2, 0.25) is 0 Å². The van der Waals surface area contributed by atoms with Crippen molar-refractivity contribution in [2.75, 3.05) is 11.5 Å².